The molecule has 7 heteroatoms. The molecule has 0 aliphatic carbocycles. The predicted molar refractivity (Wildman–Crippen MR) is 113 cm³/mol. The van der Waals surface area contributed by atoms with Crippen molar-refractivity contribution < 1.29 is 9.18 Å². The van der Waals surface area contributed by atoms with Crippen molar-refractivity contribution in [2.45, 2.75) is 6.92 Å². The Bertz CT molecular complexity index is 1150. The van der Waals surface area contributed by atoms with Crippen LogP contribution in [0.25, 0.3) is 17.1 Å². The highest BCUT2D eigenvalue weighted by Crippen LogP contribution is 2.21. The maximum absolute atomic E-state index is 13.4. The van der Waals surface area contributed by atoms with E-state index in [4.69, 9.17) is 0 Å². The van der Waals surface area contributed by atoms with E-state index in [0.717, 1.165) is 11.3 Å². The summed E-state index contributed by atoms with van der Waals surface area (Å²) in [6.07, 6.45) is 0. The summed E-state index contributed by atoms with van der Waals surface area (Å²) >= 11 is 0. The molecule has 0 unspecified atom stereocenters. The van der Waals surface area contributed by atoms with Crippen molar-refractivity contribution in [3.8, 4) is 17.1 Å². The van der Waals surface area contributed by atoms with Crippen LogP contribution in [0.2, 0.25) is 0 Å². The lowest BCUT2D eigenvalue weighted by atomic mass is 10.1. The number of hydrogen-bond donors (Lipinski definition) is 1. The molecule has 0 saturated heterocycles. The number of carbonyl (C=O) groups excluding carboxylic acids is 1. The average molecular weight is 399 g/mol. The van der Waals surface area contributed by atoms with E-state index < -0.39 is 5.91 Å². The van der Waals surface area contributed by atoms with Crippen LogP contribution in [-0.2, 0) is 0 Å². The van der Waals surface area contributed by atoms with Crippen LogP contribution >= 0.6 is 0 Å². The van der Waals surface area contributed by atoms with Crippen LogP contribution in [0.1, 0.15) is 23.1 Å². The lowest BCUT2D eigenvalue weighted by Crippen LogP contribution is -2.21. The zero-order valence-electron chi connectivity index (χ0n) is 16.2. The second-order valence-electron chi connectivity index (χ2n) is 6.52. The zero-order chi connectivity index (χ0) is 20.9. The number of halogens is 1. The first-order valence-electron chi connectivity index (χ1n) is 9.30. The molecule has 30 heavy (non-hydrogen) atoms. The van der Waals surface area contributed by atoms with Gasteiger partial charge in [-0.3, -0.25) is 4.79 Å². The van der Waals surface area contributed by atoms with Crippen LogP contribution in [0.3, 0.4) is 0 Å². The summed E-state index contributed by atoms with van der Waals surface area (Å²) in [6.45, 7) is 1.68. The summed E-state index contributed by atoms with van der Waals surface area (Å²) in [5.74, 6) is -0.409. The second-order valence-corrected chi connectivity index (χ2v) is 6.52. The zero-order valence-corrected chi connectivity index (χ0v) is 16.2. The molecular weight excluding hydrogens is 381 g/mol. The molecule has 0 atom stereocenters. The molecule has 1 amide bonds. The van der Waals surface area contributed by atoms with Gasteiger partial charge < -0.3 is 0 Å². The molecule has 3 aromatic carbocycles. The first-order chi connectivity index (χ1) is 14.6. The molecule has 1 N–H and O–H groups in total. The summed E-state index contributed by atoms with van der Waals surface area (Å²) < 4.78 is 15.0. The van der Waals surface area contributed by atoms with Gasteiger partial charge in [0, 0.05) is 11.1 Å². The van der Waals surface area contributed by atoms with Crippen molar-refractivity contribution >= 4 is 11.6 Å². The molecule has 0 aliphatic rings. The molecule has 4 aromatic rings. The van der Waals surface area contributed by atoms with Crippen LogP contribution in [0, 0.1) is 5.82 Å². The van der Waals surface area contributed by atoms with Crippen LogP contribution in [0.5, 0.6) is 0 Å². The van der Waals surface area contributed by atoms with E-state index in [-0.39, 0.29) is 11.6 Å². The monoisotopic (exact) mass is 399 g/mol. The largest absolute Gasteiger partial charge is 0.311 e. The van der Waals surface area contributed by atoms with Crippen LogP contribution in [0.15, 0.2) is 90.0 Å². The molecule has 0 bridgehead atoms. The number of nitrogens with one attached hydrogen (secondary N) is 1. The van der Waals surface area contributed by atoms with Crippen molar-refractivity contribution in [1.82, 2.24) is 20.2 Å². The standard InChI is InChI=1S/C23H18FN5O/c1-16(18-11-8-12-19(24)15-18)26-27-23(30)21-25-22(17-9-4-2-5-10-17)29(28-21)20-13-6-3-7-14-20/h2-15H,1H3,(H,27,30)/b26-16+. The second kappa shape index (κ2) is 8.48. The molecule has 148 valence electrons. The van der Waals surface area contributed by atoms with Gasteiger partial charge >= 0.3 is 5.91 Å². The van der Waals surface area contributed by atoms with E-state index >= 15 is 0 Å². The van der Waals surface area contributed by atoms with Crippen molar-refractivity contribution in [2.75, 3.05) is 0 Å². The highest BCUT2D eigenvalue weighted by atomic mass is 19.1. The van der Waals surface area contributed by atoms with E-state index in [0.29, 0.717) is 17.1 Å². The highest BCUT2D eigenvalue weighted by Gasteiger charge is 2.18. The van der Waals surface area contributed by atoms with Gasteiger partial charge in [0.05, 0.1) is 11.4 Å². The van der Waals surface area contributed by atoms with Gasteiger partial charge in [-0.25, -0.2) is 19.5 Å². The SMILES string of the molecule is C/C(=N\NC(=O)c1nc(-c2ccccc2)n(-c2ccccc2)n1)c1cccc(F)c1. The summed E-state index contributed by atoms with van der Waals surface area (Å²) in [5.41, 5.74) is 5.09. The molecule has 0 fully saturated rings. The van der Waals surface area contributed by atoms with Gasteiger partial charge in [0.2, 0.25) is 5.82 Å². The fraction of sp³-hybridized carbons (Fsp3) is 0.0435. The Morgan fingerprint density at radius 3 is 2.37 bits per heavy atom. The minimum atomic E-state index is -0.558. The number of carbonyl (C=O) groups is 1. The van der Waals surface area contributed by atoms with Gasteiger partial charge in [0.25, 0.3) is 0 Å². The van der Waals surface area contributed by atoms with Crippen molar-refractivity contribution in [1.29, 1.82) is 0 Å². The van der Waals surface area contributed by atoms with E-state index in [1.54, 1.807) is 23.7 Å². The Kier molecular flexibility index (Phi) is 5.43. The normalized spacial score (nSPS) is 11.3. The number of aromatic nitrogens is 3. The van der Waals surface area contributed by atoms with Crippen LogP contribution in [0.4, 0.5) is 4.39 Å². The third-order valence-corrected chi connectivity index (χ3v) is 4.41. The summed E-state index contributed by atoms with van der Waals surface area (Å²) in [4.78, 5) is 17.1. The molecule has 4 rings (SSSR count). The fourth-order valence-electron chi connectivity index (χ4n) is 2.89. The summed E-state index contributed by atoms with van der Waals surface area (Å²) in [7, 11) is 0. The predicted octanol–water partition coefficient (Wildman–Crippen LogP) is 4.23. The van der Waals surface area contributed by atoms with Gasteiger partial charge in [0.1, 0.15) is 5.82 Å². The Labute approximate surface area is 172 Å². The van der Waals surface area contributed by atoms with Gasteiger partial charge in [0.15, 0.2) is 5.82 Å². The Hall–Kier alpha value is -4.13. The number of benzene rings is 3. The van der Waals surface area contributed by atoms with E-state index in [2.05, 4.69) is 20.6 Å². The number of rotatable bonds is 5. The molecule has 1 aromatic heterocycles. The smallest absolute Gasteiger partial charge is 0.264 e. The topological polar surface area (TPSA) is 72.2 Å². The molecule has 0 radical (unpaired) electrons. The average Bonchev–Trinajstić information content (AvgIpc) is 3.24. The number of para-hydroxylation sites is 1. The first-order valence-corrected chi connectivity index (χ1v) is 9.30. The van der Waals surface area contributed by atoms with Crippen molar-refractivity contribution in [3.63, 3.8) is 0 Å². The van der Waals surface area contributed by atoms with Crippen molar-refractivity contribution in [3.05, 3.63) is 102 Å². The van der Waals surface area contributed by atoms with E-state index in [1.165, 1.54) is 12.1 Å². The van der Waals surface area contributed by atoms with Crippen LogP contribution < -0.4 is 5.43 Å². The highest BCUT2D eigenvalue weighted by molar-refractivity contribution is 6.00. The minimum absolute atomic E-state index is 0.0199. The Morgan fingerprint density at radius 1 is 0.967 bits per heavy atom. The quantitative estimate of drug-likeness (QED) is 0.403. The molecule has 1 heterocycles. The van der Waals surface area contributed by atoms with Gasteiger partial charge in [-0.15, -0.1) is 5.10 Å². The molecule has 0 spiro atoms. The lowest BCUT2D eigenvalue weighted by molar-refractivity contribution is 0.0944. The minimum Gasteiger partial charge on any atom is -0.264 e. The molecule has 0 saturated carbocycles. The van der Waals surface area contributed by atoms with E-state index in [9.17, 15) is 9.18 Å². The van der Waals surface area contributed by atoms with Gasteiger partial charge in [-0.2, -0.15) is 5.10 Å². The molecule has 0 aliphatic heterocycles. The maximum atomic E-state index is 13.4. The summed E-state index contributed by atoms with van der Waals surface area (Å²) in [6, 6.07) is 24.9. The van der Waals surface area contributed by atoms with E-state index in [1.807, 2.05) is 60.7 Å². The van der Waals surface area contributed by atoms with Crippen molar-refractivity contribution in [2.24, 2.45) is 5.10 Å². The number of amides is 1. The number of nitrogens with zero attached hydrogens (tertiary/aromatic N) is 4. The number of hydrazone groups is 1. The molecule has 6 nitrogen and oxygen atoms in total. The number of hydrogen-bond acceptors (Lipinski definition) is 4. The Balaban J connectivity index is 1.65. The maximum Gasteiger partial charge on any atom is 0.311 e. The van der Waals surface area contributed by atoms with Gasteiger partial charge in [-0.05, 0) is 31.2 Å². The first kappa shape index (κ1) is 19.2. The lowest BCUT2D eigenvalue weighted by Gasteiger charge is -2.05. The Morgan fingerprint density at radius 2 is 1.67 bits per heavy atom. The van der Waals surface area contributed by atoms with Crippen LogP contribution in [-0.4, -0.2) is 26.4 Å². The third-order valence-electron chi connectivity index (χ3n) is 4.41. The third kappa shape index (κ3) is 4.15. The summed E-state index contributed by atoms with van der Waals surface area (Å²) in [5, 5.41) is 8.44. The van der Waals surface area contributed by atoms with Gasteiger partial charge in [-0.1, -0.05) is 60.7 Å². The molecular formula is C23H18FN5O. The fourth-order valence-corrected chi connectivity index (χ4v) is 2.89.